The topological polar surface area (TPSA) is 78.9 Å². The highest BCUT2D eigenvalue weighted by Crippen LogP contribution is 2.18. The summed E-state index contributed by atoms with van der Waals surface area (Å²) in [6.45, 7) is 1.91. The zero-order chi connectivity index (χ0) is 13.8. The van der Waals surface area contributed by atoms with Gasteiger partial charge in [0.25, 0.3) is 5.91 Å². The maximum Gasteiger partial charge on any atom is 0.257 e. The summed E-state index contributed by atoms with van der Waals surface area (Å²) in [6.07, 6.45) is 0. The van der Waals surface area contributed by atoms with Crippen molar-refractivity contribution in [3.63, 3.8) is 0 Å². The molecule has 0 aromatic heterocycles. The average molecular weight is 251 g/mol. The van der Waals surface area contributed by atoms with E-state index < -0.39 is 0 Å². The minimum Gasteiger partial charge on any atom is -0.398 e. The fourth-order valence-corrected chi connectivity index (χ4v) is 1.73. The van der Waals surface area contributed by atoms with Gasteiger partial charge in [-0.3, -0.25) is 4.79 Å². The van der Waals surface area contributed by atoms with Crippen LogP contribution in [0.25, 0.3) is 0 Å². The second-order valence-electron chi connectivity index (χ2n) is 4.18. The Morgan fingerprint density at radius 2 is 2.00 bits per heavy atom. The van der Waals surface area contributed by atoms with Crippen molar-refractivity contribution in [3.05, 3.63) is 59.2 Å². The molecule has 0 aliphatic rings. The Balaban J connectivity index is 2.31. The Morgan fingerprint density at radius 1 is 1.26 bits per heavy atom. The van der Waals surface area contributed by atoms with Crippen LogP contribution in [0, 0.1) is 18.3 Å². The third-order valence-corrected chi connectivity index (χ3v) is 2.82. The lowest BCUT2D eigenvalue weighted by Crippen LogP contribution is -2.15. The molecule has 0 saturated heterocycles. The van der Waals surface area contributed by atoms with Crippen LogP contribution in [0.2, 0.25) is 0 Å². The molecule has 2 aromatic carbocycles. The van der Waals surface area contributed by atoms with Gasteiger partial charge in [0.2, 0.25) is 0 Å². The van der Waals surface area contributed by atoms with Crippen LogP contribution in [-0.4, -0.2) is 5.91 Å². The van der Waals surface area contributed by atoms with E-state index in [1.54, 1.807) is 12.1 Å². The van der Waals surface area contributed by atoms with Gasteiger partial charge < -0.3 is 11.1 Å². The molecule has 3 N–H and O–H groups in total. The molecule has 94 valence electrons. The van der Waals surface area contributed by atoms with Crippen LogP contribution in [-0.2, 0) is 0 Å². The Bertz CT molecular complexity index is 671. The quantitative estimate of drug-likeness (QED) is 0.805. The number of nitrogens with two attached hydrogens (primary N) is 1. The fraction of sp³-hybridized carbons (Fsp3) is 0.0667. The zero-order valence-corrected chi connectivity index (χ0v) is 10.5. The van der Waals surface area contributed by atoms with Gasteiger partial charge in [0, 0.05) is 11.4 Å². The van der Waals surface area contributed by atoms with Gasteiger partial charge in [0.1, 0.15) is 0 Å². The highest BCUT2D eigenvalue weighted by molar-refractivity contribution is 6.08. The molecule has 0 aliphatic carbocycles. The van der Waals surface area contributed by atoms with Crippen molar-refractivity contribution in [3.8, 4) is 6.07 Å². The van der Waals surface area contributed by atoms with E-state index in [0.717, 1.165) is 11.3 Å². The van der Waals surface area contributed by atoms with Crippen LogP contribution in [0.1, 0.15) is 21.5 Å². The molecular formula is C15H13N3O. The second kappa shape index (κ2) is 5.23. The summed E-state index contributed by atoms with van der Waals surface area (Å²) >= 11 is 0. The number of aryl methyl sites for hydroxylation is 1. The van der Waals surface area contributed by atoms with Crippen molar-refractivity contribution in [2.24, 2.45) is 0 Å². The van der Waals surface area contributed by atoms with E-state index in [1.165, 1.54) is 6.07 Å². The molecule has 1 amide bonds. The second-order valence-corrected chi connectivity index (χ2v) is 4.18. The van der Waals surface area contributed by atoms with Crippen LogP contribution in [0.5, 0.6) is 0 Å². The third-order valence-electron chi connectivity index (χ3n) is 2.82. The molecule has 0 heterocycles. The van der Waals surface area contributed by atoms with Gasteiger partial charge in [0.15, 0.2) is 0 Å². The molecule has 4 heteroatoms. The standard InChI is InChI=1S/C15H13N3O/c1-10-4-2-3-5-14(10)18-15(19)12-8-11(9-16)6-7-13(12)17/h2-8H,17H2,1H3,(H,18,19). The number of nitrogens with one attached hydrogen (secondary N) is 1. The van der Waals surface area contributed by atoms with Crippen LogP contribution >= 0.6 is 0 Å². The van der Waals surface area contributed by atoms with Gasteiger partial charge in [-0.2, -0.15) is 5.26 Å². The number of anilines is 2. The van der Waals surface area contributed by atoms with Crippen LogP contribution in [0.3, 0.4) is 0 Å². The Hall–Kier alpha value is -2.80. The summed E-state index contributed by atoms with van der Waals surface area (Å²) in [4.78, 5) is 12.2. The number of nitrogen functional groups attached to an aromatic ring is 1. The normalized spacial score (nSPS) is 9.68. The SMILES string of the molecule is Cc1ccccc1NC(=O)c1cc(C#N)ccc1N. The molecule has 0 bridgehead atoms. The molecule has 0 spiro atoms. The number of carbonyl (C=O) groups excluding carboxylic acids is 1. The van der Waals surface area contributed by atoms with E-state index >= 15 is 0 Å². The Morgan fingerprint density at radius 3 is 2.68 bits per heavy atom. The number of benzene rings is 2. The minimum atomic E-state index is -0.316. The first-order valence-corrected chi connectivity index (χ1v) is 5.78. The fourth-order valence-electron chi connectivity index (χ4n) is 1.73. The lowest BCUT2D eigenvalue weighted by Gasteiger charge is -2.09. The van der Waals surface area contributed by atoms with Crippen molar-refractivity contribution in [2.75, 3.05) is 11.1 Å². The molecule has 0 unspecified atom stereocenters. The number of hydrogen-bond donors (Lipinski definition) is 2. The van der Waals surface area contributed by atoms with Crippen molar-refractivity contribution in [1.82, 2.24) is 0 Å². The highest BCUT2D eigenvalue weighted by atomic mass is 16.1. The zero-order valence-electron chi connectivity index (χ0n) is 10.5. The molecule has 0 saturated carbocycles. The Kier molecular flexibility index (Phi) is 3.48. The average Bonchev–Trinajstić information content (AvgIpc) is 2.42. The van der Waals surface area contributed by atoms with Gasteiger partial charge in [-0.15, -0.1) is 0 Å². The maximum atomic E-state index is 12.2. The van der Waals surface area contributed by atoms with E-state index in [4.69, 9.17) is 11.0 Å². The first-order chi connectivity index (χ1) is 9.11. The van der Waals surface area contributed by atoms with Gasteiger partial charge in [-0.25, -0.2) is 0 Å². The van der Waals surface area contributed by atoms with Crippen molar-refractivity contribution in [1.29, 1.82) is 5.26 Å². The molecule has 0 aliphatic heterocycles. The van der Waals surface area contributed by atoms with Crippen LogP contribution in [0.4, 0.5) is 11.4 Å². The number of hydrogen-bond acceptors (Lipinski definition) is 3. The van der Waals surface area contributed by atoms with Crippen molar-refractivity contribution < 1.29 is 4.79 Å². The van der Waals surface area contributed by atoms with E-state index in [-0.39, 0.29) is 5.91 Å². The van der Waals surface area contributed by atoms with E-state index in [0.29, 0.717) is 16.8 Å². The predicted molar refractivity (Wildman–Crippen MR) is 74.7 cm³/mol. The lowest BCUT2D eigenvalue weighted by molar-refractivity contribution is 0.102. The molecule has 2 aromatic rings. The molecule has 0 atom stereocenters. The number of para-hydroxylation sites is 1. The minimum absolute atomic E-state index is 0.308. The van der Waals surface area contributed by atoms with Crippen molar-refractivity contribution in [2.45, 2.75) is 6.92 Å². The summed E-state index contributed by atoms with van der Waals surface area (Å²) in [6, 6.07) is 14.1. The summed E-state index contributed by atoms with van der Waals surface area (Å²) in [5.41, 5.74) is 8.53. The lowest BCUT2D eigenvalue weighted by atomic mass is 10.1. The number of carbonyl (C=O) groups is 1. The first kappa shape index (κ1) is 12.7. The summed E-state index contributed by atoms with van der Waals surface area (Å²) in [5, 5.41) is 11.6. The summed E-state index contributed by atoms with van der Waals surface area (Å²) in [5.74, 6) is -0.316. The number of nitriles is 1. The molecular weight excluding hydrogens is 238 g/mol. The van der Waals surface area contributed by atoms with Gasteiger partial charge in [0.05, 0.1) is 17.2 Å². The highest BCUT2D eigenvalue weighted by Gasteiger charge is 2.11. The Labute approximate surface area is 111 Å². The summed E-state index contributed by atoms with van der Waals surface area (Å²) < 4.78 is 0. The van der Waals surface area contributed by atoms with E-state index in [1.807, 2.05) is 37.3 Å². The molecule has 2 rings (SSSR count). The number of rotatable bonds is 2. The predicted octanol–water partition coefficient (Wildman–Crippen LogP) is 2.70. The maximum absolute atomic E-state index is 12.2. The monoisotopic (exact) mass is 251 g/mol. The number of amides is 1. The van der Waals surface area contributed by atoms with Gasteiger partial charge in [-0.1, -0.05) is 18.2 Å². The van der Waals surface area contributed by atoms with Gasteiger partial charge in [-0.05, 0) is 36.8 Å². The smallest absolute Gasteiger partial charge is 0.257 e. The van der Waals surface area contributed by atoms with E-state index in [9.17, 15) is 4.79 Å². The van der Waals surface area contributed by atoms with Crippen LogP contribution < -0.4 is 11.1 Å². The molecule has 0 radical (unpaired) electrons. The summed E-state index contributed by atoms with van der Waals surface area (Å²) in [7, 11) is 0. The van der Waals surface area contributed by atoms with E-state index in [2.05, 4.69) is 5.32 Å². The largest absolute Gasteiger partial charge is 0.398 e. The van der Waals surface area contributed by atoms with Crippen LogP contribution in [0.15, 0.2) is 42.5 Å². The van der Waals surface area contributed by atoms with Crippen molar-refractivity contribution >= 4 is 17.3 Å². The number of nitrogens with zero attached hydrogens (tertiary/aromatic N) is 1. The molecule has 19 heavy (non-hydrogen) atoms. The molecule has 0 fully saturated rings. The van der Waals surface area contributed by atoms with Gasteiger partial charge >= 0.3 is 0 Å². The third kappa shape index (κ3) is 2.72. The first-order valence-electron chi connectivity index (χ1n) is 5.78. The molecule has 4 nitrogen and oxygen atoms in total.